The SMILES string of the molecule is CN=C(NCc1ccc(OC2CCCCC2)cc1)N1CCC(c2cnn(C)c2)C1. The summed E-state index contributed by atoms with van der Waals surface area (Å²) in [6.45, 7) is 2.78. The molecule has 1 atom stereocenters. The van der Waals surface area contributed by atoms with Crippen LogP contribution in [0.3, 0.4) is 0 Å². The third kappa shape index (κ3) is 5.11. The molecule has 0 bridgehead atoms. The molecule has 1 aliphatic carbocycles. The van der Waals surface area contributed by atoms with Crippen molar-refractivity contribution in [2.45, 2.75) is 57.1 Å². The molecule has 4 rings (SSSR count). The highest BCUT2D eigenvalue weighted by molar-refractivity contribution is 5.80. The highest BCUT2D eigenvalue weighted by Crippen LogP contribution is 2.27. The van der Waals surface area contributed by atoms with Crippen molar-refractivity contribution in [3.05, 3.63) is 47.8 Å². The molecule has 1 saturated carbocycles. The van der Waals surface area contributed by atoms with Crippen LogP contribution in [0.4, 0.5) is 0 Å². The molecule has 2 aromatic rings. The predicted molar refractivity (Wildman–Crippen MR) is 116 cm³/mol. The number of hydrogen-bond donors (Lipinski definition) is 1. The van der Waals surface area contributed by atoms with Crippen LogP contribution in [0.2, 0.25) is 0 Å². The van der Waals surface area contributed by atoms with E-state index in [0.29, 0.717) is 12.0 Å². The van der Waals surface area contributed by atoms with Gasteiger partial charge in [0.25, 0.3) is 0 Å². The fraction of sp³-hybridized carbons (Fsp3) is 0.565. The number of aliphatic imine (C=N–C) groups is 1. The van der Waals surface area contributed by atoms with E-state index in [-0.39, 0.29) is 0 Å². The Labute approximate surface area is 174 Å². The van der Waals surface area contributed by atoms with E-state index >= 15 is 0 Å². The lowest BCUT2D eigenvalue weighted by Crippen LogP contribution is -2.39. The normalized spacial score (nSPS) is 20.8. The Kier molecular flexibility index (Phi) is 6.37. The lowest BCUT2D eigenvalue weighted by Gasteiger charge is -2.23. The van der Waals surface area contributed by atoms with Crippen LogP contribution in [0.25, 0.3) is 0 Å². The molecule has 1 saturated heterocycles. The zero-order chi connectivity index (χ0) is 20.1. The lowest BCUT2D eigenvalue weighted by atomic mass is 9.98. The Balaban J connectivity index is 1.27. The minimum Gasteiger partial charge on any atom is -0.490 e. The number of aryl methyl sites for hydroxylation is 1. The second-order valence-electron chi connectivity index (χ2n) is 8.30. The van der Waals surface area contributed by atoms with Crippen LogP contribution < -0.4 is 10.1 Å². The maximum absolute atomic E-state index is 6.13. The molecule has 2 heterocycles. The van der Waals surface area contributed by atoms with Gasteiger partial charge < -0.3 is 15.0 Å². The first-order chi connectivity index (χ1) is 14.2. The first-order valence-electron chi connectivity index (χ1n) is 10.9. The number of rotatable bonds is 5. The summed E-state index contributed by atoms with van der Waals surface area (Å²) in [5.74, 6) is 2.49. The van der Waals surface area contributed by atoms with Gasteiger partial charge in [0.2, 0.25) is 0 Å². The second-order valence-corrected chi connectivity index (χ2v) is 8.30. The fourth-order valence-corrected chi connectivity index (χ4v) is 4.45. The molecule has 2 aliphatic rings. The Morgan fingerprint density at radius 1 is 1.17 bits per heavy atom. The van der Waals surface area contributed by atoms with Gasteiger partial charge in [0, 0.05) is 45.8 Å². The first-order valence-corrected chi connectivity index (χ1v) is 10.9. The van der Waals surface area contributed by atoms with Gasteiger partial charge in [0.15, 0.2) is 5.96 Å². The van der Waals surface area contributed by atoms with E-state index in [2.05, 4.69) is 50.8 Å². The Hall–Kier alpha value is -2.50. The highest BCUT2D eigenvalue weighted by atomic mass is 16.5. The number of ether oxygens (including phenoxy) is 1. The van der Waals surface area contributed by atoms with Crippen LogP contribution in [0.15, 0.2) is 41.7 Å². The lowest BCUT2D eigenvalue weighted by molar-refractivity contribution is 0.155. The van der Waals surface area contributed by atoms with Gasteiger partial charge in [-0.15, -0.1) is 0 Å². The number of nitrogens with zero attached hydrogens (tertiary/aromatic N) is 4. The minimum atomic E-state index is 0.398. The van der Waals surface area contributed by atoms with Crippen LogP contribution in [-0.4, -0.2) is 46.9 Å². The zero-order valence-corrected chi connectivity index (χ0v) is 17.7. The molecule has 1 aliphatic heterocycles. The fourth-order valence-electron chi connectivity index (χ4n) is 4.45. The smallest absolute Gasteiger partial charge is 0.193 e. The average Bonchev–Trinajstić information content (AvgIpc) is 3.40. The van der Waals surface area contributed by atoms with Gasteiger partial charge in [-0.3, -0.25) is 9.67 Å². The molecular weight excluding hydrogens is 362 g/mol. The first kappa shape index (κ1) is 19.8. The molecule has 156 valence electrons. The summed E-state index contributed by atoms with van der Waals surface area (Å²) < 4.78 is 8.02. The van der Waals surface area contributed by atoms with E-state index < -0.39 is 0 Å². The summed E-state index contributed by atoms with van der Waals surface area (Å²) in [6.07, 6.45) is 12.0. The minimum absolute atomic E-state index is 0.398. The molecule has 1 aromatic carbocycles. The van der Waals surface area contributed by atoms with Crippen LogP contribution in [0.1, 0.15) is 55.6 Å². The molecule has 1 aromatic heterocycles. The van der Waals surface area contributed by atoms with Crippen molar-refractivity contribution in [2.75, 3.05) is 20.1 Å². The number of benzene rings is 1. The number of likely N-dealkylation sites (tertiary alicyclic amines) is 1. The van der Waals surface area contributed by atoms with Crippen LogP contribution in [0, 0.1) is 0 Å². The number of nitrogens with one attached hydrogen (secondary N) is 1. The maximum Gasteiger partial charge on any atom is 0.193 e. The van der Waals surface area contributed by atoms with Crippen LogP contribution in [-0.2, 0) is 13.6 Å². The van der Waals surface area contributed by atoms with Crippen molar-refractivity contribution >= 4 is 5.96 Å². The van der Waals surface area contributed by atoms with E-state index in [9.17, 15) is 0 Å². The van der Waals surface area contributed by atoms with Crippen molar-refractivity contribution in [2.24, 2.45) is 12.0 Å². The number of hydrogen-bond acceptors (Lipinski definition) is 3. The average molecular weight is 396 g/mol. The molecule has 0 amide bonds. The van der Waals surface area contributed by atoms with Crippen molar-refractivity contribution in [3.63, 3.8) is 0 Å². The summed E-state index contributed by atoms with van der Waals surface area (Å²) in [5.41, 5.74) is 2.56. The molecule has 1 unspecified atom stereocenters. The topological polar surface area (TPSA) is 54.7 Å². The van der Waals surface area contributed by atoms with Crippen molar-refractivity contribution < 1.29 is 4.74 Å². The molecule has 6 nitrogen and oxygen atoms in total. The zero-order valence-electron chi connectivity index (χ0n) is 17.7. The van der Waals surface area contributed by atoms with Gasteiger partial charge in [0.05, 0.1) is 12.3 Å². The van der Waals surface area contributed by atoms with Gasteiger partial charge in [0.1, 0.15) is 5.75 Å². The standard InChI is InChI=1S/C23H33N5O/c1-24-23(28-13-12-19(17-28)20-15-26-27(2)16-20)25-14-18-8-10-22(11-9-18)29-21-6-4-3-5-7-21/h8-11,15-16,19,21H,3-7,12-14,17H2,1-2H3,(H,24,25). The van der Waals surface area contributed by atoms with E-state index in [1.165, 1.54) is 43.2 Å². The van der Waals surface area contributed by atoms with Gasteiger partial charge in [-0.1, -0.05) is 18.6 Å². The number of aromatic nitrogens is 2. The quantitative estimate of drug-likeness (QED) is 0.620. The van der Waals surface area contributed by atoms with E-state index in [1.54, 1.807) is 0 Å². The van der Waals surface area contributed by atoms with Crippen LogP contribution in [0.5, 0.6) is 5.75 Å². The molecule has 0 radical (unpaired) electrons. The summed E-state index contributed by atoms with van der Waals surface area (Å²) >= 11 is 0. The van der Waals surface area contributed by atoms with Gasteiger partial charge in [-0.25, -0.2) is 0 Å². The largest absolute Gasteiger partial charge is 0.490 e. The third-order valence-electron chi connectivity index (χ3n) is 6.12. The van der Waals surface area contributed by atoms with E-state index in [0.717, 1.165) is 37.8 Å². The monoisotopic (exact) mass is 395 g/mol. The van der Waals surface area contributed by atoms with E-state index in [4.69, 9.17) is 4.74 Å². The molecule has 6 heteroatoms. The molecular formula is C23H33N5O. The molecule has 1 N–H and O–H groups in total. The van der Waals surface area contributed by atoms with Crippen LogP contribution >= 0.6 is 0 Å². The highest BCUT2D eigenvalue weighted by Gasteiger charge is 2.26. The maximum atomic E-state index is 6.13. The molecule has 29 heavy (non-hydrogen) atoms. The Bertz CT molecular complexity index is 807. The summed E-state index contributed by atoms with van der Waals surface area (Å²) in [5, 5.41) is 7.83. The van der Waals surface area contributed by atoms with Crippen molar-refractivity contribution in [3.8, 4) is 5.75 Å². The summed E-state index contributed by atoms with van der Waals surface area (Å²) in [4.78, 5) is 6.84. The van der Waals surface area contributed by atoms with Crippen molar-refractivity contribution in [1.29, 1.82) is 0 Å². The number of guanidine groups is 1. The summed E-state index contributed by atoms with van der Waals surface area (Å²) in [6, 6.07) is 8.51. The van der Waals surface area contributed by atoms with Gasteiger partial charge >= 0.3 is 0 Å². The van der Waals surface area contributed by atoms with Crippen molar-refractivity contribution in [1.82, 2.24) is 20.0 Å². The Morgan fingerprint density at radius 3 is 2.66 bits per heavy atom. The van der Waals surface area contributed by atoms with Gasteiger partial charge in [-0.05, 0) is 55.4 Å². The summed E-state index contributed by atoms with van der Waals surface area (Å²) in [7, 11) is 3.84. The molecule has 0 spiro atoms. The molecule has 2 fully saturated rings. The second kappa shape index (κ2) is 9.33. The van der Waals surface area contributed by atoms with Gasteiger partial charge in [-0.2, -0.15) is 5.10 Å². The third-order valence-corrected chi connectivity index (χ3v) is 6.12. The van der Waals surface area contributed by atoms with E-state index in [1.807, 2.05) is 25.0 Å². The predicted octanol–water partition coefficient (Wildman–Crippen LogP) is 3.70. The Morgan fingerprint density at radius 2 is 1.97 bits per heavy atom.